The van der Waals surface area contributed by atoms with E-state index in [1.807, 2.05) is 31.2 Å². The van der Waals surface area contributed by atoms with Gasteiger partial charge in [-0.3, -0.25) is 23.9 Å². The van der Waals surface area contributed by atoms with Crippen LogP contribution >= 0.6 is 0 Å². The number of aryl methyl sites for hydroxylation is 2. The molecule has 1 atom stereocenters. The first kappa shape index (κ1) is 28.3. The number of benzene rings is 2. The van der Waals surface area contributed by atoms with Crippen molar-refractivity contribution in [1.82, 2.24) is 33.8 Å². The molecule has 5 rings (SSSR count). The van der Waals surface area contributed by atoms with Gasteiger partial charge in [0, 0.05) is 25.7 Å². The maximum atomic E-state index is 14.0. The van der Waals surface area contributed by atoms with Crippen LogP contribution in [-0.4, -0.2) is 46.9 Å². The molecule has 0 amide bonds. The van der Waals surface area contributed by atoms with E-state index < -0.39 is 0 Å². The van der Waals surface area contributed by atoms with Crippen molar-refractivity contribution in [3.8, 4) is 11.3 Å². The van der Waals surface area contributed by atoms with Crippen molar-refractivity contribution < 1.29 is 0 Å². The molecule has 0 aliphatic rings. The van der Waals surface area contributed by atoms with E-state index in [2.05, 4.69) is 76.8 Å². The van der Waals surface area contributed by atoms with Gasteiger partial charge in [0.2, 0.25) is 0 Å². The van der Waals surface area contributed by atoms with Crippen LogP contribution in [0.25, 0.3) is 22.4 Å². The second kappa shape index (κ2) is 12.5. The predicted molar refractivity (Wildman–Crippen MR) is 163 cm³/mol. The lowest BCUT2D eigenvalue weighted by atomic mass is 10.1. The normalized spacial score (nSPS) is 12.4. The first-order valence-corrected chi connectivity index (χ1v) is 14.6. The van der Waals surface area contributed by atoms with Crippen molar-refractivity contribution in [1.29, 1.82) is 0 Å². The van der Waals surface area contributed by atoms with Crippen molar-refractivity contribution in [2.24, 2.45) is 0 Å². The number of imidazole rings is 1. The summed E-state index contributed by atoms with van der Waals surface area (Å²) in [5, 5.41) is 7.06. The number of hydrogen-bond acceptors (Lipinski definition) is 5. The summed E-state index contributed by atoms with van der Waals surface area (Å²) in [5.74, 6) is 0.771. The second-order valence-electron chi connectivity index (χ2n) is 10.4. The summed E-state index contributed by atoms with van der Waals surface area (Å²) in [6, 6.07) is 20.3. The fraction of sp³-hybridized carbons (Fsp3) is 0.375. The van der Waals surface area contributed by atoms with Crippen LogP contribution in [0.4, 0.5) is 0 Å². The summed E-state index contributed by atoms with van der Waals surface area (Å²) in [6.07, 6.45) is 3.52. The zero-order chi connectivity index (χ0) is 28.9. The van der Waals surface area contributed by atoms with Crippen molar-refractivity contribution >= 4 is 11.2 Å². The van der Waals surface area contributed by atoms with Gasteiger partial charge in [0.05, 0.1) is 11.9 Å². The lowest BCUT2D eigenvalue weighted by Crippen LogP contribution is -2.41. The molecule has 0 radical (unpaired) electrons. The largest absolute Gasteiger partial charge is 0.332 e. The third kappa shape index (κ3) is 5.67. The van der Waals surface area contributed by atoms with Crippen LogP contribution < -0.4 is 11.2 Å². The minimum atomic E-state index is -0.295. The zero-order valence-electron chi connectivity index (χ0n) is 24.4. The minimum Gasteiger partial charge on any atom is -0.306 e. The maximum Gasteiger partial charge on any atom is 0.332 e. The average molecular weight is 554 g/mol. The molecular weight excluding hydrogens is 514 g/mol. The monoisotopic (exact) mass is 553 g/mol. The summed E-state index contributed by atoms with van der Waals surface area (Å²) in [5.41, 5.74) is 4.61. The van der Waals surface area contributed by atoms with Gasteiger partial charge in [-0.2, -0.15) is 5.10 Å². The number of aromatic nitrogens is 6. The molecule has 0 spiro atoms. The summed E-state index contributed by atoms with van der Waals surface area (Å²) >= 11 is 0. The summed E-state index contributed by atoms with van der Waals surface area (Å²) in [7, 11) is 0. The molecule has 0 aliphatic carbocycles. The molecule has 0 fully saturated rings. The highest BCUT2D eigenvalue weighted by molar-refractivity contribution is 5.71. The lowest BCUT2D eigenvalue weighted by molar-refractivity contribution is 0.172. The highest BCUT2D eigenvalue weighted by Crippen LogP contribution is 2.25. The minimum absolute atomic E-state index is 0.114. The molecule has 0 bridgehead atoms. The van der Waals surface area contributed by atoms with Gasteiger partial charge in [0.15, 0.2) is 11.2 Å². The van der Waals surface area contributed by atoms with Gasteiger partial charge in [-0.05, 0) is 55.6 Å². The Labute approximate surface area is 240 Å². The predicted octanol–water partition coefficient (Wildman–Crippen LogP) is 4.85. The second-order valence-corrected chi connectivity index (χ2v) is 10.4. The Balaban J connectivity index is 1.67. The number of H-pyrrole nitrogens is 1. The van der Waals surface area contributed by atoms with Crippen molar-refractivity contribution in [3.05, 3.63) is 105 Å². The van der Waals surface area contributed by atoms with E-state index in [1.54, 1.807) is 10.8 Å². The summed E-state index contributed by atoms with van der Waals surface area (Å²) in [4.78, 5) is 35.1. The molecular formula is C32H39N7O2. The lowest BCUT2D eigenvalue weighted by Gasteiger charge is -2.29. The molecule has 3 aromatic heterocycles. The highest BCUT2D eigenvalue weighted by atomic mass is 16.2. The maximum absolute atomic E-state index is 14.0. The van der Waals surface area contributed by atoms with E-state index in [1.165, 1.54) is 4.57 Å². The van der Waals surface area contributed by atoms with E-state index in [0.29, 0.717) is 43.5 Å². The van der Waals surface area contributed by atoms with Gasteiger partial charge in [0.25, 0.3) is 5.56 Å². The van der Waals surface area contributed by atoms with Gasteiger partial charge < -0.3 is 4.57 Å². The zero-order valence-corrected chi connectivity index (χ0v) is 24.4. The smallest absolute Gasteiger partial charge is 0.306 e. The Morgan fingerprint density at radius 2 is 1.61 bits per heavy atom. The number of aromatic amines is 1. The first-order valence-electron chi connectivity index (χ1n) is 14.6. The number of nitrogens with one attached hydrogen (secondary N) is 1. The van der Waals surface area contributed by atoms with E-state index in [-0.39, 0.29) is 17.4 Å². The van der Waals surface area contributed by atoms with E-state index in [9.17, 15) is 9.59 Å². The molecule has 41 heavy (non-hydrogen) atoms. The van der Waals surface area contributed by atoms with Crippen LogP contribution in [0.1, 0.15) is 57.2 Å². The average Bonchev–Trinajstić information content (AvgIpc) is 3.66. The van der Waals surface area contributed by atoms with Crippen LogP contribution in [-0.2, 0) is 25.9 Å². The quantitative estimate of drug-likeness (QED) is 0.238. The van der Waals surface area contributed by atoms with Crippen LogP contribution in [0, 0.1) is 0 Å². The third-order valence-corrected chi connectivity index (χ3v) is 7.89. The Bertz CT molecular complexity index is 1690. The van der Waals surface area contributed by atoms with Crippen LogP contribution in [0.5, 0.6) is 0 Å². The van der Waals surface area contributed by atoms with Crippen molar-refractivity contribution in [2.75, 3.05) is 13.1 Å². The molecule has 0 saturated carbocycles. The van der Waals surface area contributed by atoms with Crippen LogP contribution in [0.3, 0.4) is 0 Å². The molecule has 9 heteroatoms. The SMILES string of the molecule is CCCn1c(=O)c2c(nc(Cc3ccc(-c4ccn[nH]4)cc3)n2C(C)N(CC)CC)n(CCc2ccccc2)c1=O. The number of hydrogen-bond donors (Lipinski definition) is 1. The van der Waals surface area contributed by atoms with Gasteiger partial charge in [-0.25, -0.2) is 9.78 Å². The third-order valence-electron chi connectivity index (χ3n) is 7.89. The molecule has 214 valence electrons. The van der Waals surface area contributed by atoms with Crippen molar-refractivity contribution in [2.45, 2.75) is 66.2 Å². The van der Waals surface area contributed by atoms with E-state index in [4.69, 9.17) is 4.98 Å². The molecule has 1 unspecified atom stereocenters. The Morgan fingerprint density at radius 1 is 0.878 bits per heavy atom. The summed E-state index contributed by atoms with van der Waals surface area (Å²) in [6.45, 7) is 10.8. The molecule has 3 heterocycles. The highest BCUT2D eigenvalue weighted by Gasteiger charge is 2.26. The molecule has 0 saturated heterocycles. The number of rotatable bonds is 12. The number of nitrogens with zero attached hydrogens (tertiary/aromatic N) is 6. The Hall–Kier alpha value is -4.24. The number of fused-ring (bicyclic) bond motifs is 1. The fourth-order valence-corrected chi connectivity index (χ4v) is 5.66. The molecule has 2 aromatic carbocycles. The van der Waals surface area contributed by atoms with Gasteiger partial charge >= 0.3 is 5.69 Å². The fourth-order valence-electron chi connectivity index (χ4n) is 5.66. The topological polar surface area (TPSA) is 93.7 Å². The van der Waals surface area contributed by atoms with Gasteiger partial charge in [-0.15, -0.1) is 0 Å². The standard InChI is InChI=1S/C32H39N7O2/c1-5-20-38-31(40)29-30(37(32(38)41)21-18-24-11-9-8-10-12-24)34-28(39(29)23(4)36(6-2)7-3)22-25-13-15-26(16-14-25)27-17-19-33-35-27/h8-17,19,23H,5-7,18,20-22H2,1-4H3,(H,33,35). The van der Waals surface area contributed by atoms with Gasteiger partial charge in [0.1, 0.15) is 5.82 Å². The van der Waals surface area contributed by atoms with Crippen LogP contribution in [0.15, 0.2) is 76.4 Å². The van der Waals surface area contributed by atoms with Crippen LogP contribution in [0.2, 0.25) is 0 Å². The Kier molecular flexibility index (Phi) is 8.64. The van der Waals surface area contributed by atoms with Crippen molar-refractivity contribution in [3.63, 3.8) is 0 Å². The first-order chi connectivity index (χ1) is 20.0. The summed E-state index contributed by atoms with van der Waals surface area (Å²) < 4.78 is 5.16. The molecule has 0 aliphatic heterocycles. The Morgan fingerprint density at radius 3 is 2.24 bits per heavy atom. The van der Waals surface area contributed by atoms with E-state index >= 15 is 0 Å². The molecule has 1 N–H and O–H groups in total. The molecule has 5 aromatic rings. The molecule has 9 nitrogen and oxygen atoms in total. The van der Waals surface area contributed by atoms with Gasteiger partial charge in [-0.1, -0.05) is 75.4 Å². The van der Waals surface area contributed by atoms with E-state index in [0.717, 1.165) is 41.3 Å².